The molecule has 1 aliphatic carbocycles. The Morgan fingerprint density at radius 1 is 1.04 bits per heavy atom. The topological polar surface area (TPSA) is 209 Å². The summed E-state index contributed by atoms with van der Waals surface area (Å²) >= 11 is 0. The maximum atomic E-state index is 13.8. The molecule has 4 rings (SSSR count). The van der Waals surface area contributed by atoms with Gasteiger partial charge in [-0.15, -0.1) is 0 Å². The number of rotatable bonds is 15. The first kappa shape index (κ1) is 36.3. The summed E-state index contributed by atoms with van der Waals surface area (Å²) in [7, 11) is 1.46. The van der Waals surface area contributed by atoms with Gasteiger partial charge in [0.25, 0.3) is 11.8 Å². The van der Waals surface area contributed by atoms with E-state index in [9.17, 15) is 19.2 Å². The van der Waals surface area contributed by atoms with Crippen molar-refractivity contribution in [3.05, 3.63) is 83.2 Å². The molecule has 0 saturated heterocycles. The van der Waals surface area contributed by atoms with Crippen molar-refractivity contribution in [2.75, 3.05) is 25.6 Å². The van der Waals surface area contributed by atoms with Crippen LogP contribution in [0.15, 0.2) is 55.1 Å². The van der Waals surface area contributed by atoms with Gasteiger partial charge in [0.05, 0.1) is 7.11 Å². The Bertz CT molecular complexity index is 1750. The first-order chi connectivity index (χ1) is 23.3. The van der Waals surface area contributed by atoms with Crippen molar-refractivity contribution >= 4 is 41.4 Å². The zero-order valence-electron chi connectivity index (χ0n) is 28.0. The predicted octanol–water partition coefficient (Wildman–Crippen LogP) is 4.15. The van der Waals surface area contributed by atoms with Crippen molar-refractivity contribution in [3.8, 4) is 16.9 Å². The standard InChI is InChI=1S/C36H42N6O7/c1-6-22-15-27(33(43)41-24-11-9-23(10-12-24)32(38)39)26(16-29(22)47-5)25-13-14-28(34(44)40-17-21-7-8-21)42-31(25)36(46)48-18-20(4)49-35(45)30(37)19(2)3/h6,9-16,19-21,30H,1,7-8,17-18,37H2,2-5H3,(H3,38,39)(H,40,44)(H,41,43)/t20-,30-/m0/s1. The van der Waals surface area contributed by atoms with E-state index in [1.54, 1.807) is 57.2 Å². The third-order valence-electron chi connectivity index (χ3n) is 7.90. The van der Waals surface area contributed by atoms with E-state index >= 15 is 0 Å². The lowest BCUT2D eigenvalue weighted by atomic mass is 9.94. The first-order valence-electron chi connectivity index (χ1n) is 15.9. The highest BCUT2D eigenvalue weighted by Gasteiger charge is 2.27. The van der Waals surface area contributed by atoms with E-state index in [1.807, 2.05) is 0 Å². The maximum Gasteiger partial charge on any atom is 0.357 e. The molecular weight excluding hydrogens is 628 g/mol. The van der Waals surface area contributed by atoms with Crippen molar-refractivity contribution in [3.63, 3.8) is 0 Å². The quantitative estimate of drug-likeness (QED) is 0.0886. The van der Waals surface area contributed by atoms with Gasteiger partial charge in [0.2, 0.25) is 0 Å². The number of carbonyl (C=O) groups excluding carboxylic acids is 4. The fourth-order valence-electron chi connectivity index (χ4n) is 4.73. The van der Waals surface area contributed by atoms with E-state index in [0.717, 1.165) is 12.8 Å². The smallest absolute Gasteiger partial charge is 0.357 e. The second-order valence-electron chi connectivity index (χ2n) is 12.2. The summed E-state index contributed by atoms with van der Waals surface area (Å²) < 4.78 is 16.5. The molecule has 1 aliphatic rings. The zero-order chi connectivity index (χ0) is 35.8. The summed E-state index contributed by atoms with van der Waals surface area (Å²) in [5.41, 5.74) is 13.2. The number of anilines is 1. The molecule has 0 unspecified atom stereocenters. The molecule has 3 aromatic rings. The number of hydrogen-bond acceptors (Lipinski definition) is 10. The van der Waals surface area contributed by atoms with Crippen LogP contribution in [-0.2, 0) is 14.3 Å². The molecule has 7 N–H and O–H groups in total. The van der Waals surface area contributed by atoms with Crippen LogP contribution >= 0.6 is 0 Å². The number of nitrogens with zero attached hydrogens (tertiary/aromatic N) is 1. The number of carbonyl (C=O) groups is 4. The Kier molecular flexibility index (Phi) is 11.9. The molecule has 2 atom stereocenters. The summed E-state index contributed by atoms with van der Waals surface area (Å²) in [5.74, 6) is -2.05. The van der Waals surface area contributed by atoms with E-state index in [4.69, 9.17) is 31.1 Å². The lowest BCUT2D eigenvalue weighted by Gasteiger charge is -2.19. The maximum absolute atomic E-state index is 13.8. The number of benzene rings is 2. The molecule has 258 valence electrons. The van der Waals surface area contributed by atoms with Crippen LogP contribution in [-0.4, -0.2) is 67.0 Å². The average molecular weight is 671 g/mol. The third kappa shape index (κ3) is 9.29. The number of pyridine rings is 1. The molecule has 0 bridgehead atoms. The van der Waals surface area contributed by atoms with Gasteiger partial charge in [-0.1, -0.05) is 26.5 Å². The van der Waals surface area contributed by atoms with Crippen molar-refractivity contribution in [1.82, 2.24) is 10.3 Å². The van der Waals surface area contributed by atoms with Crippen LogP contribution in [0.1, 0.15) is 76.1 Å². The molecule has 13 heteroatoms. The van der Waals surface area contributed by atoms with Crippen LogP contribution in [0.4, 0.5) is 5.69 Å². The van der Waals surface area contributed by atoms with Gasteiger partial charge in [0.1, 0.15) is 36.0 Å². The Balaban J connectivity index is 1.73. The highest BCUT2D eigenvalue weighted by atomic mass is 16.6. The Morgan fingerprint density at radius 2 is 1.73 bits per heavy atom. The summed E-state index contributed by atoms with van der Waals surface area (Å²) in [6.07, 6.45) is 2.75. The largest absolute Gasteiger partial charge is 0.496 e. The van der Waals surface area contributed by atoms with Crippen LogP contribution in [0.2, 0.25) is 0 Å². The molecule has 1 saturated carbocycles. The van der Waals surface area contributed by atoms with E-state index < -0.39 is 35.9 Å². The second kappa shape index (κ2) is 16.0. The van der Waals surface area contributed by atoms with Gasteiger partial charge in [-0.3, -0.25) is 19.8 Å². The second-order valence-corrected chi connectivity index (χ2v) is 12.2. The Hall–Kier alpha value is -5.56. The highest BCUT2D eigenvalue weighted by molar-refractivity contribution is 6.11. The molecule has 49 heavy (non-hydrogen) atoms. The lowest BCUT2D eigenvalue weighted by molar-refractivity contribution is -0.152. The SMILES string of the molecule is C=Cc1cc(C(=O)Nc2ccc(C(=N)N)cc2)c(-c2ccc(C(=O)NCC3CC3)nc2C(=O)OC[C@H](C)OC(=O)[C@@H](N)C(C)C)cc1OC. The molecule has 0 radical (unpaired) electrons. The summed E-state index contributed by atoms with van der Waals surface area (Å²) in [6.45, 7) is 9.12. The number of hydrogen-bond donors (Lipinski definition) is 5. The van der Waals surface area contributed by atoms with Crippen molar-refractivity contribution < 1.29 is 33.4 Å². The van der Waals surface area contributed by atoms with Crippen molar-refractivity contribution in [2.45, 2.75) is 45.8 Å². The molecule has 0 aliphatic heterocycles. The van der Waals surface area contributed by atoms with E-state index in [0.29, 0.717) is 35.0 Å². The molecule has 13 nitrogen and oxygen atoms in total. The van der Waals surface area contributed by atoms with Crippen LogP contribution in [0.3, 0.4) is 0 Å². The normalized spacial score (nSPS) is 13.5. The van der Waals surface area contributed by atoms with Gasteiger partial charge in [0, 0.05) is 40.0 Å². The number of amides is 2. The summed E-state index contributed by atoms with van der Waals surface area (Å²) in [4.78, 5) is 57.3. The monoisotopic (exact) mass is 670 g/mol. The van der Waals surface area contributed by atoms with Gasteiger partial charge < -0.3 is 36.3 Å². The van der Waals surface area contributed by atoms with Crippen LogP contribution in [0, 0.1) is 17.2 Å². The van der Waals surface area contributed by atoms with Crippen molar-refractivity contribution in [2.24, 2.45) is 23.3 Å². The number of nitrogen functional groups attached to an aromatic ring is 1. The van der Waals surface area contributed by atoms with Crippen LogP contribution in [0.25, 0.3) is 17.2 Å². The number of ether oxygens (including phenoxy) is 3. The molecule has 0 spiro atoms. The molecule has 1 aromatic heterocycles. The number of methoxy groups -OCH3 is 1. The van der Waals surface area contributed by atoms with E-state index in [-0.39, 0.29) is 46.4 Å². The highest BCUT2D eigenvalue weighted by Crippen LogP contribution is 2.35. The minimum absolute atomic E-state index is 0.0232. The minimum Gasteiger partial charge on any atom is -0.496 e. The number of esters is 2. The van der Waals surface area contributed by atoms with Gasteiger partial charge in [-0.25, -0.2) is 9.78 Å². The molecule has 2 amide bonds. The lowest BCUT2D eigenvalue weighted by Crippen LogP contribution is -2.39. The number of nitrogens with two attached hydrogens (primary N) is 2. The van der Waals surface area contributed by atoms with E-state index in [1.165, 1.54) is 25.3 Å². The predicted molar refractivity (Wildman–Crippen MR) is 185 cm³/mol. The number of aromatic nitrogens is 1. The molecule has 1 fully saturated rings. The van der Waals surface area contributed by atoms with Gasteiger partial charge >= 0.3 is 11.9 Å². The Labute approximate surface area is 284 Å². The molecule has 1 heterocycles. The van der Waals surface area contributed by atoms with Crippen LogP contribution < -0.4 is 26.8 Å². The first-order valence-corrected chi connectivity index (χ1v) is 15.9. The van der Waals surface area contributed by atoms with Gasteiger partial charge in [-0.2, -0.15) is 0 Å². The van der Waals surface area contributed by atoms with Crippen molar-refractivity contribution in [1.29, 1.82) is 5.41 Å². The minimum atomic E-state index is -0.916. The average Bonchev–Trinajstić information content (AvgIpc) is 3.93. The summed E-state index contributed by atoms with van der Waals surface area (Å²) in [5, 5.41) is 13.3. The molecule has 2 aromatic carbocycles. The Morgan fingerprint density at radius 3 is 2.33 bits per heavy atom. The molecular formula is C36H42N6O7. The number of amidine groups is 1. The van der Waals surface area contributed by atoms with Crippen LogP contribution in [0.5, 0.6) is 5.75 Å². The third-order valence-corrected chi connectivity index (χ3v) is 7.90. The fourth-order valence-corrected chi connectivity index (χ4v) is 4.73. The van der Waals surface area contributed by atoms with Gasteiger partial charge in [-0.05, 0) is 80.1 Å². The van der Waals surface area contributed by atoms with E-state index in [2.05, 4.69) is 22.2 Å². The fraction of sp³-hybridized carbons (Fsp3) is 0.333. The van der Waals surface area contributed by atoms with Gasteiger partial charge in [0.15, 0.2) is 5.69 Å². The zero-order valence-corrected chi connectivity index (χ0v) is 28.0. The summed E-state index contributed by atoms with van der Waals surface area (Å²) in [6, 6.07) is 11.7. The number of nitrogens with one attached hydrogen (secondary N) is 3.